The molecule has 17 heteroatoms. The molecule has 8 rings (SSSR count). The first-order valence-corrected chi connectivity index (χ1v) is 21.8. The zero-order valence-corrected chi connectivity index (χ0v) is 36.6. The summed E-state index contributed by atoms with van der Waals surface area (Å²) in [4.78, 5) is 13.9. The maximum absolute atomic E-state index is 14.5. The van der Waals surface area contributed by atoms with Gasteiger partial charge in [0.2, 0.25) is 0 Å². The number of halogens is 13. The van der Waals surface area contributed by atoms with Gasteiger partial charge in [0.1, 0.15) is 23.2 Å². The first-order chi connectivity index (χ1) is 31.1. The highest BCUT2D eigenvalue weighted by Gasteiger charge is 2.49. The second kappa shape index (κ2) is 18.4. The van der Waals surface area contributed by atoms with E-state index in [1.165, 1.54) is 6.07 Å². The lowest BCUT2D eigenvalue weighted by atomic mass is 9.92. The van der Waals surface area contributed by atoms with Crippen LogP contribution in [0.25, 0.3) is 32.7 Å². The zero-order valence-electron chi connectivity index (χ0n) is 34.1. The highest BCUT2D eigenvalue weighted by Crippen LogP contribution is 2.61. The Morgan fingerprint density at radius 1 is 0.433 bits per heavy atom. The molecule has 0 aliphatic heterocycles. The van der Waals surface area contributed by atoms with Gasteiger partial charge in [-0.3, -0.25) is 0 Å². The molecule has 8 aromatic carbocycles. The van der Waals surface area contributed by atoms with E-state index in [1.807, 2.05) is 0 Å². The monoisotopic (exact) mass is 1010 g/mol. The number of hydrogen-bond donors (Lipinski definition) is 2. The standard InChI is InChI=1S/C50H31F12N2OP.BrH/c51-47(52,53)33-23-30(24-34(25-33)48(54,55)56)29-66(38-13-3-1-4-14-38,39-15-5-2-6-16-39)43-22-20-32-12-8-10-18-41(32)45(43)44-40-17-9-7-11-31(40)19-21-42(44)64-46(65)63-37-27-35(49(57,58)59)26-36(28-37)50(60,61)62;/h1-28H,29H2,(H-,63,64,65);1H. The topological polar surface area (TPSA) is 41.1 Å². The van der Waals surface area contributed by atoms with Crippen molar-refractivity contribution in [2.45, 2.75) is 30.9 Å². The molecular formula is C50H32BrF12N2OP. The summed E-state index contributed by atoms with van der Waals surface area (Å²) in [7, 11) is -3.53. The third-order valence-corrected chi connectivity index (χ3v) is 15.4. The molecule has 0 heterocycles. The number of nitrogens with one attached hydrogen (secondary N) is 2. The number of rotatable bonds is 8. The van der Waals surface area contributed by atoms with Crippen molar-refractivity contribution < 1.29 is 74.5 Å². The molecule has 2 N–H and O–H groups in total. The Morgan fingerprint density at radius 3 is 1.30 bits per heavy atom. The Hall–Kier alpha value is -6.38. The molecular weight excluding hydrogens is 983 g/mol. The predicted octanol–water partition coefficient (Wildman–Crippen LogP) is 11.9. The van der Waals surface area contributed by atoms with Crippen LogP contribution in [0.3, 0.4) is 0 Å². The number of alkyl halides is 12. The van der Waals surface area contributed by atoms with Crippen LogP contribution in [0.4, 0.5) is 68.9 Å². The summed E-state index contributed by atoms with van der Waals surface area (Å²) in [5.41, 5.74) is -6.69. The quantitative estimate of drug-likeness (QED) is 0.116. The van der Waals surface area contributed by atoms with Crippen molar-refractivity contribution in [3.05, 3.63) is 198 Å². The number of anilines is 2. The van der Waals surface area contributed by atoms with E-state index in [-0.39, 0.29) is 46.5 Å². The average Bonchev–Trinajstić information content (AvgIpc) is 3.27. The minimum Gasteiger partial charge on any atom is -1.00 e. The van der Waals surface area contributed by atoms with Crippen LogP contribution in [0.1, 0.15) is 27.8 Å². The normalized spacial score (nSPS) is 12.5. The average molecular weight is 1020 g/mol. The van der Waals surface area contributed by atoms with Crippen LogP contribution >= 0.6 is 7.26 Å². The molecule has 0 fully saturated rings. The molecule has 0 saturated carbocycles. The minimum atomic E-state index is -5.21. The second-order valence-electron chi connectivity index (χ2n) is 15.3. The number of carbonyl (C=O) groups excluding carboxylic acids is 1. The molecule has 0 radical (unpaired) electrons. The van der Waals surface area contributed by atoms with Crippen molar-refractivity contribution >= 4 is 62.1 Å². The van der Waals surface area contributed by atoms with Gasteiger partial charge in [0.25, 0.3) is 0 Å². The summed E-state index contributed by atoms with van der Waals surface area (Å²) in [5.74, 6) is 0. The van der Waals surface area contributed by atoms with Gasteiger partial charge in [-0.15, -0.1) is 0 Å². The van der Waals surface area contributed by atoms with Crippen LogP contribution < -0.4 is 43.5 Å². The Balaban J connectivity index is 0.00000666. The van der Waals surface area contributed by atoms with Crippen molar-refractivity contribution in [3.8, 4) is 11.1 Å². The maximum atomic E-state index is 14.5. The summed E-state index contributed by atoms with van der Waals surface area (Å²) >= 11 is 0. The lowest BCUT2D eigenvalue weighted by Crippen LogP contribution is -3.00. The van der Waals surface area contributed by atoms with Gasteiger partial charge >= 0.3 is 30.7 Å². The lowest BCUT2D eigenvalue weighted by molar-refractivity contribution is -0.144. The largest absolute Gasteiger partial charge is 1.00 e. The summed E-state index contributed by atoms with van der Waals surface area (Å²) in [5, 5.41) is 8.64. The number of benzene rings is 8. The van der Waals surface area contributed by atoms with Gasteiger partial charge in [-0.1, -0.05) is 97.1 Å². The molecule has 0 spiro atoms. The van der Waals surface area contributed by atoms with Gasteiger partial charge in [0, 0.05) is 16.8 Å². The highest BCUT2D eigenvalue weighted by atomic mass is 79.9. The molecule has 0 saturated heterocycles. The Bertz CT molecular complexity index is 3000. The predicted molar refractivity (Wildman–Crippen MR) is 235 cm³/mol. The maximum Gasteiger partial charge on any atom is 0.416 e. The Morgan fingerprint density at radius 2 is 0.836 bits per heavy atom. The third-order valence-electron chi connectivity index (χ3n) is 11.1. The van der Waals surface area contributed by atoms with Crippen molar-refractivity contribution in [1.29, 1.82) is 0 Å². The molecule has 0 aliphatic carbocycles. The van der Waals surface area contributed by atoms with Crippen LogP contribution in [0.2, 0.25) is 0 Å². The SMILES string of the molecule is O=C(Nc1cc(C(F)(F)F)cc(C(F)(F)F)c1)Nc1ccc2ccccc2c1-c1c([P+](Cc2cc(C(F)(F)F)cc(C(F)(F)F)c2)(c2ccccc2)c2ccccc2)ccc2ccccc12.[Br-]. The van der Waals surface area contributed by atoms with E-state index in [9.17, 15) is 57.5 Å². The summed E-state index contributed by atoms with van der Waals surface area (Å²) in [6.45, 7) is 0. The first kappa shape index (κ1) is 48.6. The molecule has 0 aromatic heterocycles. The summed E-state index contributed by atoms with van der Waals surface area (Å²) in [6, 6.07) is 38.7. The van der Waals surface area contributed by atoms with Gasteiger partial charge in [0.05, 0.1) is 34.1 Å². The van der Waals surface area contributed by atoms with Crippen LogP contribution in [0, 0.1) is 0 Å². The van der Waals surface area contributed by atoms with E-state index in [0.717, 1.165) is 0 Å². The molecule has 0 unspecified atom stereocenters. The minimum absolute atomic E-state index is 0. The van der Waals surface area contributed by atoms with Crippen LogP contribution in [-0.2, 0) is 30.9 Å². The molecule has 0 bridgehead atoms. The van der Waals surface area contributed by atoms with Gasteiger partial charge in [0.15, 0.2) is 0 Å². The van der Waals surface area contributed by atoms with Crippen molar-refractivity contribution in [2.24, 2.45) is 0 Å². The van der Waals surface area contributed by atoms with E-state index >= 15 is 0 Å². The summed E-state index contributed by atoms with van der Waals surface area (Å²) < 4.78 is 170. The fourth-order valence-corrected chi connectivity index (χ4v) is 12.7. The number of urea groups is 1. The Labute approximate surface area is 385 Å². The van der Waals surface area contributed by atoms with Crippen molar-refractivity contribution in [2.75, 3.05) is 10.6 Å². The van der Waals surface area contributed by atoms with Gasteiger partial charge in [-0.05, 0) is 99.9 Å². The lowest BCUT2D eigenvalue weighted by Gasteiger charge is -2.31. The van der Waals surface area contributed by atoms with Gasteiger partial charge in [-0.2, -0.15) is 52.7 Å². The molecule has 0 aliphatic rings. The van der Waals surface area contributed by atoms with Crippen LogP contribution in [-0.4, -0.2) is 6.03 Å². The number of hydrogen-bond acceptors (Lipinski definition) is 1. The van der Waals surface area contributed by atoms with Crippen molar-refractivity contribution in [3.63, 3.8) is 0 Å². The first-order valence-electron chi connectivity index (χ1n) is 19.8. The highest BCUT2D eigenvalue weighted by molar-refractivity contribution is 7.95. The Kier molecular flexibility index (Phi) is 13.3. The number of fused-ring (bicyclic) bond motifs is 2. The molecule has 3 nitrogen and oxygen atoms in total. The number of amides is 2. The van der Waals surface area contributed by atoms with Crippen LogP contribution in [0.5, 0.6) is 0 Å². The molecule has 2 amide bonds. The molecule has 67 heavy (non-hydrogen) atoms. The van der Waals surface area contributed by atoms with Crippen LogP contribution in [0.15, 0.2) is 170 Å². The zero-order chi connectivity index (χ0) is 47.2. The van der Waals surface area contributed by atoms with Gasteiger partial charge in [-0.25, -0.2) is 4.79 Å². The second-order valence-corrected chi connectivity index (χ2v) is 18.8. The molecule has 344 valence electrons. The smallest absolute Gasteiger partial charge is 0.416 e. The fourth-order valence-electron chi connectivity index (χ4n) is 8.24. The third kappa shape index (κ3) is 10.0. The molecule has 8 aromatic rings. The fraction of sp³-hybridized carbons (Fsp3) is 0.100. The molecule has 0 atom stereocenters. The van der Waals surface area contributed by atoms with E-state index in [2.05, 4.69) is 10.6 Å². The van der Waals surface area contributed by atoms with E-state index < -0.39 is 65.9 Å². The van der Waals surface area contributed by atoms with Crippen molar-refractivity contribution in [1.82, 2.24) is 0 Å². The summed E-state index contributed by atoms with van der Waals surface area (Å²) in [6.07, 6.45) is -21.1. The number of carbonyl (C=O) groups is 1. The van der Waals surface area contributed by atoms with E-state index in [4.69, 9.17) is 0 Å². The van der Waals surface area contributed by atoms with E-state index in [0.29, 0.717) is 72.9 Å². The van der Waals surface area contributed by atoms with E-state index in [1.54, 1.807) is 127 Å². The van der Waals surface area contributed by atoms with Gasteiger partial charge < -0.3 is 27.6 Å².